The Balaban J connectivity index is 1.98. The van der Waals surface area contributed by atoms with Gasteiger partial charge in [0.25, 0.3) is 5.69 Å². The van der Waals surface area contributed by atoms with Crippen LogP contribution < -0.4 is 0 Å². The number of carbonyl (C=O) groups excluding carboxylic acids is 1. The van der Waals surface area contributed by atoms with E-state index in [9.17, 15) is 14.9 Å². The molecule has 1 aromatic carbocycles. The molecule has 0 unspecified atom stereocenters. The number of Topliss-reactive ketones (excluding diaryl/α,β-unsaturated/α-hetero) is 1. The molecule has 0 radical (unpaired) electrons. The smallest absolute Gasteiger partial charge is 0.272 e. The summed E-state index contributed by atoms with van der Waals surface area (Å²) in [7, 11) is 0. The van der Waals surface area contributed by atoms with E-state index >= 15 is 0 Å². The van der Waals surface area contributed by atoms with Crippen LogP contribution in [0.5, 0.6) is 0 Å². The van der Waals surface area contributed by atoms with Crippen LogP contribution >= 0.6 is 0 Å². The van der Waals surface area contributed by atoms with Crippen molar-refractivity contribution in [1.82, 2.24) is 0 Å². The number of nitrogens with zero attached hydrogens (tertiary/aromatic N) is 1. The van der Waals surface area contributed by atoms with Gasteiger partial charge in [0.15, 0.2) is 0 Å². The summed E-state index contributed by atoms with van der Waals surface area (Å²) in [5.74, 6) is 0.298. The van der Waals surface area contributed by atoms with Gasteiger partial charge in [0.05, 0.1) is 17.6 Å². The van der Waals surface area contributed by atoms with Crippen molar-refractivity contribution in [3.63, 3.8) is 0 Å². The first-order chi connectivity index (χ1) is 9.08. The maximum absolute atomic E-state index is 11.1. The third kappa shape index (κ3) is 3.38. The van der Waals surface area contributed by atoms with Crippen LogP contribution in [-0.2, 0) is 16.1 Å². The van der Waals surface area contributed by atoms with Crippen molar-refractivity contribution in [1.29, 1.82) is 0 Å². The number of hydrogen-bond acceptors (Lipinski definition) is 4. The van der Waals surface area contributed by atoms with Gasteiger partial charge in [-0.2, -0.15) is 0 Å². The fourth-order valence-electron chi connectivity index (χ4n) is 2.31. The Morgan fingerprint density at radius 2 is 2.05 bits per heavy atom. The lowest BCUT2D eigenvalue weighted by Gasteiger charge is -2.21. The molecule has 0 heterocycles. The van der Waals surface area contributed by atoms with Crippen molar-refractivity contribution >= 4 is 11.5 Å². The van der Waals surface area contributed by atoms with Gasteiger partial charge in [0.2, 0.25) is 0 Å². The number of nitro benzene ring substituents is 1. The molecule has 0 aromatic heterocycles. The zero-order chi connectivity index (χ0) is 13.8. The lowest BCUT2D eigenvalue weighted by atomic mass is 9.96. The SMILES string of the molecule is Cc1c(COC2CCC(=O)CC2)cccc1[N+](=O)[O-]. The number of nitro groups is 1. The van der Waals surface area contributed by atoms with Crippen molar-refractivity contribution < 1.29 is 14.5 Å². The van der Waals surface area contributed by atoms with Crippen molar-refractivity contribution in [2.45, 2.75) is 45.3 Å². The van der Waals surface area contributed by atoms with Crippen LogP contribution in [0.4, 0.5) is 5.69 Å². The number of ether oxygens (including phenoxy) is 1. The molecule has 1 aliphatic rings. The molecule has 0 aliphatic heterocycles. The summed E-state index contributed by atoms with van der Waals surface area (Å²) in [6, 6.07) is 5.02. The van der Waals surface area contributed by atoms with E-state index < -0.39 is 0 Å². The standard InChI is InChI=1S/C14H17NO4/c1-10-11(3-2-4-14(10)15(17)18)9-19-13-7-5-12(16)6-8-13/h2-4,13H,5-9H2,1H3. The van der Waals surface area contributed by atoms with E-state index in [2.05, 4.69) is 0 Å². The molecule has 1 fully saturated rings. The average Bonchev–Trinajstić information content (AvgIpc) is 2.39. The highest BCUT2D eigenvalue weighted by Gasteiger charge is 2.20. The van der Waals surface area contributed by atoms with Crippen molar-refractivity contribution in [2.75, 3.05) is 0 Å². The molecule has 2 rings (SSSR count). The summed E-state index contributed by atoms with van der Waals surface area (Å²) in [4.78, 5) is 21.6. The first-order valence-electron chi connectivity index (χ1n) is 6.44. The highest BCUT2D eigenvalue weighted by Crippen LogP contribution is 2.24. The molecule has 19 heavy (non-hydrogen) atoms. The Kier molecular flexibility index (Phi) is 4.27. The fourth-order valence-corrected chi connectivity index (χ4v) is 2.31. The van der Waals surface area contributed by atoms with Gasteiger partial charge in [-0.05, 0) is 25.3 Å². The molecule has 1 aromatic rings. The molecule has 0 atom stereocenters. The summed E-state index contributed by atoms with van der Waals surface area (Å²) in [5, 5.41) is 10.8. The maximum Gasteiger partial charge on any atom is 0.272 e. The van der Waals surface area contributed by atoms with Crippen LogP contribution in [0.2, 0.25) is 0 Å². The first-order valence-corrected chi connectivity index (χ1v) is 6.44. The molecule has 0 saturated heterocycles. The van der Waals surface area contributed by atoms with E-state index in [1.165, 1.54) is 6.07 Å². The van der Waals surface area contributed by atoms with Gasteiger partial charge in [-0.25, -0.2) is 0 Å². The third-order valence-electron chi connectivity index (χ3n) is 3.58. The largest absolute Gasteiger partial charge is 0.374 e. The summed E-state index contributed by atoms with van der Waals surface area (Å²) in [6.45, 7) is 2.10. The van der Waals surface area contributed by atoms with Crippen LogP contribution in [0.25, 0.3) is 0 Å². The normalized spacial score (nSPS) is 16.6. The summed E-state index contributed by atoms with van der Waals surface area (Å²) >= 11 is 0. The van der Waals surface area contributed by atoms with Gasteiger partial charge < -0.3 is 4.74 Å². The Morgan fingerprint density at radius 3 is 2.68 bits per heavy atom. The second-order valence-electron chi connectivity index (χ2n) is 4.87. The Bertz CT molecular complexity index is 488. The van der Waals surface area contributed by atoms with Crippen molar-refractivity contribution in [3.8, 4) is 0 Å². The molecular formula is C14H17NO4. The Labute approximate surface area is 111 Å². The fraction of sp³-hybridized carbons (Fsp3) is 0.500. The number of benzene rings is 1. The number of rotatable bonds is 4. The van der Waals surface area contributed by atoms with Crippen molar-refractivity contribution in [2.24, 2.45) is 0 Å². The molecular weight excluding hydrogens is 246 g/mol. The number of carbonyl (C=O) groups is 1. The van der Waals surface area contributed by atoms with Gasteiger partial charge >= 0.3 is 0 Å². The molecule has 0 spiro atoms. The summed E-state index contributed by atoms with van der Waals surface area (Å²) in [5.41, 5.74) is 1.62. The molecule has 5 heteroatoms. The highest BCUT2D eigenvalue weighted by atomic mass is 16.6. The predicted octanol–water partition coefficient (Wildman–Crippen LogP) is 2.93. The van der Waals surface area contributed by atoms with E-state index in [-0.39, 0.29) is 16.7 Å². The summed E-state index contributed by atoms with van der Waals surface area (Å²) < 4.78 is 5.76. The number of ketones is 1. The minimum atomic E-state index is -0.377. The van der Waals surface area contributed by atoms with Gasteiger partial charge in [0.1, 0.15) is 5.78 Å². The number of hydrogen-bond donors (Lipinski definition) is 0. The van der Waals surface area contributed by atoms with Crippen LogP contribution in [0.3, 0.4) is 0 Å². The molecule has 0 N–H and O–H groups in total. The topological polar surface area (TPSA) is 69.4 Å². The van der Waals surface area contributed by atoms with Crippen LogP contribution in [0.15, 0.2) is 18.2 Å². The molecule has 1 aliphatic carbocycles. The maximum atomic E-state index is 11.1. The minimum absolute atomic E-state index is 0.0939. The lowest BCUT2D eigenvalue weighted by molar-refractivity contribution is -0.385. The predicted molar refractivity (Wildman–Crippen MR) is 69.9 cm³/mol. The molecule has 0 amide bonds. The lowest BCUT2D eigenvalue weighted by Crippen LogP contribution is -2.21. The second-order valence-corrected chi connectivity index (χ2v) is 4.87. The van der Waals surface area contributed by atoms with E-state index in [1.807, 2.05) is 6.07 Å². The van der Waals surface area contributed by atoms with Gasteiger partial charge in [0, 0.05) is 24.5 Å². The summed E-state index contributed by atoms with van der Waals surface area (Å²) in [6.07, 6.45) is 2.77. The van der Waals surface area contributed by atoms with Crippen LogP contribution in [0.1, 0.15) is 36.8 Å². The highest BCUT2D eigenvalue weighted by molar-refractivity contribution is 5.79. The average molecular weight is 263 g/mol. The molecule has 102 valence electrons. The van der Waals surface area contributed by atoms with Gasteiger partial charge in [-0.1, -0.05) is 12.1 Å². The van der Waals surface area contributed by atoms with Gasteiger partial charge in [-0.3, -0.25) is 14.9 Å². The third-order valence-corrected chi connectivity index (χ3v) is 3.58. The van der Waals surface area contributed by atoms with Gasteiger partial charge in [-0.15, -0.1) is 0 Å². The quantitative estimate of drug-likeness (QED) is 0.618. The zero-order valence-corrected chi connectivity index (χ0v) is 10.9. The van der Waals surface area contributed by atoms with E-state index in [1.54, 1.807) is 13.0 Å². The molecule has 1 saturated carbocycles. The van der Waals surface area contributed by atoms with Crippen molar-refractivity contribution in [3.05, 3.63) is 39.4 Å². The first kappa shape index (κ1) is 13.7. The zero-order valence-electron chi connectivity index (χ0n) is 10.9. The van der Waals surface area contributed by atoms with Crippen LogP contribution in [-0.4, -0.2) is 16.8 Å². The Hall–Kier alpha value is -1.75. The molecule has 5 nitrogen and oxygen atoms in total. The van der Waals surface area contributed by atoms with E-state index in [0.29, 0.717) is 30.8 Å². The Morgan fingerprint density at radius 1 is 1.37 bits per heavy atom. The monoisotopic (exact) mass is 263 g/mol. The second kappa shape index (κ2) is 5.93. The minimum Gasteiger partial charge on any atom is -0.374 e. The molecule has 0 bridgehead atoms. The van der Waals surface area contributed by atoms with Crippen LogP contribution in [0, 0.1) is 17.0 Å². The van der Waals surface area contributed by atoms with E-state index in [0.717, 1.165) is 18.4 Å². The van der Waals surface area contributed by atoms with E-state index in [4.69, 9.17) is 4.74 Å².